The van der Waals surface area contributed by atoms with Crippen LogP contribution in [0.2, 0.25) is 0 Å². The second-order valence-corrected chi connectivity index (χ2v) is 11.0. The van der Waals surface area contributed by atoms with Crippen LogP contribution in [0.3, 0.4) is 0 Å². The number of carbonyl (C=O) groups is 4. The van der Waals surface area contributed by atoms with Crippen molar-refractivity contribution >= 4 is 58.0 Å². The van der Waals surface area contributed by atoms with E-state index in [1.54, 1.807) is 11.0 Å². The summed E-state index contributed by atoms with van der Waals surface area (Å²) in [7, 11) is 2.03. The van der Waals surface area contributed by atoms with E-state index in [9.17, 15) is 28.7 Å². The summed E-state index contributed by atoms with van der Waals surface area (Å²) in [5.41, 5.74) is 10.5. The van der Waals surface area contributed by atoms with Crippen LogP contribution in [0.15, 0.2) is 28.6 Å². The summed E-state index contributed by atoms with van der Waals surface area (Å²) in [6.07, 6.45) is 3.50. The molecule has 0 spiro atoms. The van der Waals surface area contributed by atoms with Gasteiger partial charge < -0.3 is 40.9 Å². The molecule has 4 heterocycles. The third-order valence-electron chi connectivity index (χ3n) is 6.55. The molecule has 4 amide bonds. The van der Waals surface area contributed by atoms with Crippen LogP contribution in [-0.4, -0.2) is 117 Å². The van der Waals surface area contributed by atoms with Crippen molar-refractivity contribution in [1.82, 2.24) is 24.5 Å². The van der Waals surface area contributed by atoms with E-state index in [4.69, 9.17) is 11.5 Å². The number of amides is 4. The number of quaternary nitrogens is 1. The number of aliphatic carboxylic acids is 1. The molecular formula is C21H26FN9O6S2. The summed E-state index contributed by atoms with van der Waals surface area (Å²) in [5, 5.41) is 17.2. The van der Waals surface area contributed by atoms with Crippen molar-refractivity contribution in [3.63, 3.8) is 0 Å². The first-order valence-corrected chi connectivity index (χ1v) is 13.5. The molecule has 5 N–H and O–H groups in total. The number of alkyl halides is 1. The van der Waals surface area contributed by atoms with Crippen LogP contribution < -0.4 is 21.9 Å². The summed E-state index contributed by atoms with van der Waals surface area (Å²) >= 11 is 2.04. The fourth-order valence-electron chi connectivity index (χ4n) is 4.37. The van der Waals surface area contributed by atoms with Gasteiger partial charge >= 0.3 is 6.03 Å². The molecule has 0 aliphatic carbocycles. The molecule has 1 aromatic heterocycles. The normalized spacial score (nSPS) is 22.9. The topological polar surface area (TPSA) is 209 Å². The van der Waals surface area contributed by atoms with Crippen LogP contribution in [0.25, 0.3) is 0 Å². The number of carboxylic acids is 1. The van der Waals surface area contributed by atoms with E-state index < -0.39 is 47.8 Å². The standard InChI is InChI=1S/C21H26FN9O6S2/c1-31(7-4-29(5-8-31)21(24)36)6-2-3-11-9-38-18-13(17(33)30(18)14(11)19(34)35)25-16(32)12(27-37-10-22)15-26-20(23)39-28-15/h2-3,13,18H,4-10H2,1H3,(H5-,23,24,25,26,28,32,34,35,36)/b3-2+,27-12-/t13-,18-/m1/s1. The average Bonchev–Trinajstić information content (AvgIpc) is 3.32. The first kappa shape index (κ1) is 28.2. The Morgan fingerprint density at radius 1 is 1.36 bits per heavy atom. The number of carbonyl (C=O) groups excluding carboxylic acids is 4. The highest BCUT2D eigenvalue weighted by atomic mass is 32.2. The number of allylic oxidation sites excluding steroid dienone is 1. The maximum atomic E-state index is 12.9. The van der Waals surface area contributed by atoms with E-state index in [0.29, 0.717) is 42.8 Å². The number of nitrogens with zero attached hydrogens (tertiary/aromatic N) is 6. The van der Waals surface area contributed by atoms with Crippen LogP contribution in [-0.2, 0) is 19.2 Å². The number of nitrogens with two attached hydrogens (primary N) is 2. The molecule has 2 atom stereocenters. The van der Waals surface area contributed by atoms with Crippen LogP contribution >= 0.6 is 23.3 Å². The molecule has 3 aliphatic heterocycles. The Morgan fingerprint density at radius 2 is 2.08 bits per heavy atom. The number of aromatic nitrogens is 2. The number of urea groups is 1. The Balaban J connectivity index is 1.44. The Labute approximate surface area is 230 Å². The van der Waals surface area contributed by atoms with E-state index in [0.717, 1.165) is 16.4 Å². The molecule has 4 rings (SSSR count). The monoisotopic (exact) mass is 583 g/mol. The van der Waals surface area contributed by atoms with Crippen molar-refractivity contribution in [3.05, 3.63) is 29.2 Å². The zero-order valence-corrected chi connectivity index (χ0v) is 22.4. The van der Waals surface area contributed by atoms with E-state index >= 15 is 0 Å². The Hall–Kier alpha value is -3.77. The number of nitrogen functional groups attached to an aromatic ring is 1. The predicted octanol–water partition coefficient (Wildman–Crippen LogP) is -2.43. The molecule has 0 unspecified atom stereocenters. The number of anilines is 1. The van der Waals surface area contributed by atoms with Gasteiger partial charge in [0, 0.05) is 17.3 Å². The van der Waals surface area contributed by atoms with Gasteiger partial charge in [0.15, 0.2) is 5.13 Å². The van der Waals surface area contributed by atoms with Gasteiger partial charge in [-0.15, -0.1) is 11.8 Å². The lowest BCUT2D eigenvalue weighted by Gasteiger charge is -2.50. The number of nitrogens with one attached hydrogen (secondary N) is 1. The highest BCUT2D eigenvalue weighted by Crippen LogP contribution is 2.40. The van der Waals surface area contributed by atoms with Crippen molar-refractivity contribution in [2.75, 3.05) is 58.1 Å². The highest BCUT2D eigenvalue weighted by Gasteiger charge is 2.53. The minimum Gasteiger partial charge on any atom is -0.543 e. The second kappa shape index (κ2) is 11.5. The lowest BCUT2D eigenvalue weighted by molar-refractivity contribution is -0.907. The number of halogens is 1. The van der Waals surface area contributed by atoms with Gasteiger partial charge in [-0.1, -0.05) is 11.2 Å². The largest absolute Gasteiger partial charge is 0.543 e. The van der Waals surface area contributed by atoms with Crippen LogP contribution in [0.1, 0.15) is 5.82 Å². The van der Waals surface area contributed by atoms with Gasteiger partial charge in [-0.3, -0.25) is 14.5 Å². The van der Waals surface area contributed by atoms with Gasteiger partial charge in [-0.05, 0) is 11.6 Å². The van der Waals surface area contributed by atoms with E-state index in [-0.39, 0.29) is 22.4 Å². The molecule has 2 saturated heterocycles. The van der Waals surface area contributed by atoms with Gasteiger partial charge in [-0.25, -0.2) is 9.18 Å². The molecule has 18 heteroatoms. The number of primary amides is 1. The van der Waals surface area contributed by atoms with Crippen molar-refractivity contribution < 1.29 is 38.0 Å². The molecule has 2 fully saturated rings. The summed E-state index contributed by atoms with van der Waals surface area (Å²) in [6, 6.07) is -1.54. The third kappa shape index (κ3) is 5.96. The number of hydrogen-bond donors (Lipinski definition) is 3. The Bertz CT molecular complexity index is 1260. The maximum Gasteiger partial charge on any atom is 0.315 e. The van der Waals surface area contributed by atoms with E-state index in [1.165, 1.54) is 11.8 Å². The zero-order valence-electron chi connectivity index (χ0n) is 20.7. The smallest absolute Gasteiger partial charge is 0.315 e. The lowest BCUT2D eigenvalue weighted by atomic mass is 10.0. The van der Waals surface area contributed by atoms with Crippen molar-refractivity contribution in [2.24, 2.45) is 10.9 Å². The van der Waals surface area contributed by atoms with Crippen LogP contribution in [0.5, 0.6) is 0 Å². The number of piperazine rings is 1. The fourth-order valence-corrected chi connectivity index (χ4v) is 6.13. The van der Waals surface area contributed by atoms with Gasteiger partial charge in [0.1, 0.15) is 11.4 Å². The quantitative estimate of drug-likeness (QED) is 0.121. The number of oxime groups is 1. The van der Waals surface area contributed by atoms with Gasteiger partial charge in [0.05, 0.1) is 51.4 Å². The predicted molar refractivity (Wildman–Crippen MR) is 136 cm³/mol. The minimum atomic E-state index is -1.52. The SMILES string of the molecule is C[N+]1(C/C=C/C2=C(C(=O)[O-])N3C(=O)[C@@H](NC(=O)/C(=N\OCF)c4nsc(N)n4)[C@H]3SC2)CCN(C(N)=O)CC1. The number of rotatable bonds is 9. The molecule has 39 heavy (non-hydrogen) atoms. The summed E-state index contributed by atoms with van der Waals surface area (Å²) in [5.74, 6) is -3.06. The van der Waals surface area contributed by atoms with E-state index in [2.05, 4.69) is 24.7 Å². The fraction of sp³-hybridized carbons (Fsp3) is 0.476. The zero-order chi connectivity index (χ0) is 28.3. The van der Waals surface area contributed by atoms with Crippen molar-refractivity contribution in [3.8, 4) is 0 Å². The Kier molecular flexibility index (Phi) is 8.36. The van der Waals surface area contributed by atoms with Crippen LogP contribution in [0.4, 0.5) is 14.3 Å². The summed E-state index contributed by atoms with van der Waals surface area (Å²) < 4.78 is 17.0. The van der Waals surface area contributed by atoms with Gasteiger partial charge in [0.2, 0.25) is 11.5 Å². The molecule has 0 bridgehead atoms. The average molecular weight is 584 g/mol. The Morgan fingerprint density at radius 3 is 2.67 bits per heavy atom. The van der Waals surface area contributed by atoms with E-state index in [1.807, 2.05) is 13.1 Å². The molecule has 3 aliphatic rings. The van der Waals surface area contributed by atoms with Gasteiger partial charge in [0.25, 0.3) is 18.7 Å². The lowest BCUT2D eigenvalue weighted by Crippen LogP contribution is -2.71. The van der Waals surface area contributed by atoms with Crippen molar-refractivity contribution in [2.45, 2.75) is 11.4 Å². The van der Waals surface area contributed by atoms with Gasteiger partial charge in [-0.2, -0.15) is 9.36 Å². The van der Waals surface area contributed by atoms with Crippen molar-refractivity contribution in [1.29, 1.82) is 0 Å². The molecular weight excluding hydrogens is 557 g/mol. The number of β-lactam (4-membered cyclic amide) rings is 1. The molecule has 1 aromatic rings. The molecule has 0 radical (unpaired) electrons. The summed E-state index contributed by atoms with van der Waals surface area (Å²) in [4.78, 5) is 60.0. The first-order valence-electron chi connectivity index (χ1n) is 11.6. The molecule has 0 aromatic carbocycles. The third-order valence-corrected chi connectivity index (χ3v) is 8.39. The minimum absolute atomic E-state index is 0.0349. The number of fused-ring (bicyclic) bond motifs is 1. The highest BCUT2D eigenvalue weighted by molar-refractivity contribution is 8.00. The number of carboxylic acid groups (broad SMARTS) is 1. The number of thioether (sulfide) groups is 1. The number of likely N-dealkylation sites (N-methyl/N-ethyl adjacent to an activating group) is 1. The second-order valence-electron chi connectivity index (χ2n) is 9.13. The number of hydrogen-bond acceptors (Lipinski definition) is 12. The van der Waals surface area contributed by atoms with Crippen LogP contribution in [0, 0.1) is 0 Å². The molecule has 210 valence electrons. The molecule has 0 saturated carbocycles. The summed E-state index contributed by atoms with van der Waals surface area (Å²) in [6.45, 7) is 1.69. The maximum absolute atomic E-state index is 12.9. The first-order chi connectivity index (χ1) is 18.5. The molecule has 15 nitrogen and oxygen atoms in total.